The number of hydrogen-bond donors (Lipinski definition) is 0. The Kier molecular flexibility index (Phi) is 3.91. The molecule has 0 spiro atoms. The van der Waals surface area contributed by atoms with Crippen LogP contribution in [0.3, 0.4) is 0 Å². The monoisotopic (exact) mass is 279 g/mol. The fourth-order valence-electron chi connectivity index (χ4n) is 2.64. The van der Waals surface area contributed by atoms with E-state index < -0.39 is 0 Å². The standard InChI is InChI=1S/C18H19N2O/c1-15-7-9-16(10-8-15)18(21)20-13-11-19(12-14-20)17-5-3-2-4-6-17/h2-10H,1,11-14H2. The van der Waals surface area contributed by atoms with E-state index in [0.717, 1.165) is 37.3 Å². The minimum atomic E-state index is 0.114. The van der Waals surface area contributed by atoms with Crippen LogP contribution < -0.4 is 4.90 Å². The molecule has 21 heavy (non-hydrogen) atoms. The van der Waals surface area contributed by atoms with Crippen LogP contribution in [0.25, 0.3) is 0 Å². The van der Waals surface area contributed by atoms with Crippen molar-refractivity contribution in [2.24, 2.45) is 0 Å². The Hall–Kier alpha value is -2.29. The molecule has 1 amide bonds. The van der Waals surface area contributed by atoms with Crippen LogP contribution in [-0.4, -0.2) is 37.0 Å². The lowest BCUT2D eigenvalue weighted by molar-refractivity contribution is 0.0747. The molecule has 1 fully saturated rings. The van der Waals surface area contributed by atoms with Gasteiger partial charge in [0.2, 0.25) is 0 Å². The van der Waals surface area contributed by atoms with Crippen molar-refractivity contribution < 1.29 is 4.79 Å². The van der Waals surface area contributed by atoms with Crippen LogP contribution in [0.2, 0.25) is 0 Å². The van der Waals surface area contributed by atoms with E-state index in [1.54, 1.807) is 0 Å². The maximum atomic E-state index is 12.4. The first-order valence-corrected chi connectivity index (χ1v) is 7.25. The van der Waals surface area contributed by atoms with Crippen LogP contribution in [-0.2, 0) is 0 Å². The molecule has 0 bridgehead atoms. The van der Waals surface area contributed by atoms with E-state index in [-0.39, 0.29) is 5.91 Å². The van der Waals surface area contributed by atoms with Crippen molar-refractivity contribution in [2.45, 2.75) is 0 Å². The van der Waals surface area contributed by atoms with Crippen molar-refractivity contribution in [1.29, 1.82) is 0 Å². The van der Waals surface area contributed by atoms with E-state index in [9.17, 15) is 4.79 Å². The summed E-state index contributed by atoms with van der Waals surface area (Å²) in [6.45, 7) is 7.13. The average molecular weight is 279 g/mol. The Balaban J connectivity index is 1.63. The zero-order chi connectivity index (χ0) is 14.7. The molecule has 1 saturated heterocycles. The van der Waals surface area contributed by atoms with E-state index in [0.29, 0.717) is 0 Å². The van der Waals surface area contributed by atoms with Gasteiger partial charge in [-0.1, -0.05) is 30.3 Å². The van der Waals surface area contributed by atoms with Crippen LogP contribution in [0, 0.1) is 6.92 Å². The maximum absolute atomic E-state index is 12.4. The first kappa shape index (κ1) is 13.7. The lowest BCUT2D eigenvalue weighted by Gasteiger charge is -2.36. The van der Waals surface area contributed by atoms with Gasteiger partial charge >= 0.3 is 0 Å². The number of hydrogen-bond acceptors (Lipinski definition) is 2. The zero-order valence-corrected chi connectivity index (χ0v) is 12.0. The number of amides is 1. The van der Waals surface area contributed by atoms with Crippen molar-refractivity contribution in [1.82, 2.24) is 4.90 Å². The highest BCUT2D eigenvalue weighted by Crippen LogP contribution is 2.17. The van der Waals surface area contributed by atoms with Gasteiger partial charge in [0, 0.05) is 37.4 Å². The third kappa shape index (κ3) is 3.07. The molecule has 0 N–H and O–H groups in total. The van der Waals surface area contributed by atoms with Gasteiger partial charge in [-0.15, -0.1) is 0 Å². The molecule has 0 aliphatic carbocycles. The molecule has 0 aromatic heterocycles. The summed E-state index contributed by atoms with van der Waals surface area (Å²) in [5, 5.41) is 0. The second-order valence-corrected chi connectivity index (χ2v) is 5.31. The van der Waals surface area contributed by atoms with E-state index in [4.69, 9.17) is 0 Å². The highest BCUT2D eigenvalue weighted by Gasteiger charge is 2.21. The molecule has 0 unspecified atom stereocenters. The van der Waals surface area contributed by atoms with Gasteiger partial charge in [0.15, 0.2) is 0 Å². The Morgan fingerprint density at radius 3 is 2.10 bits per heavy atom. The number of carbonyl (C=O) groups excluding carboxylic acids is 1. The van der Waals surface area contributed by atoms with Crippen LogP contribution in [0.4, 0.5) is 5.69 Å². The predicted molar refractivity (Wildman–Crippen MR) is 85.5 cm³/mol. The Bertz CT molecular complexity index is 599. The maximum Gasteiger partial charge on any atom is 0.253 e. The zero-order valence-electron chi connectivity index (χ0n) is 12.0. The molecule has 2 aromatic carbocycles. The van der Waals surface area contributed by atoms with Gasteiger partial charge in [0.25, 0.3) is 5.91 Å². The summed E-state index contributed by atoms with van der Waals surface area (Å²) in [5.74, 6) is 0.114. The lowest BCUT2D eigenvalue weighted by atomic mass is 10.1. The van der Waals surface area contributed by atoms with Gasteiger partial charge in [0.1, 0.15) is 0 Å². The van der Waals surface area contributed by atoms with Gasteiger partial charge in [-0.25, -0.2) is 0 Å². The molecule has 107 valence electrons. The number of benzene rings is 2. The molecular formula is C18H19N2O. The number of nitrogens with zero attached hydrogens (tertiary/aromatic N) is 2. The van der Waals surface area contributed by atoms with Crippen molar-refractivity contribution in [2.75, 3.05) is 31.1 Å². The Morgan fingerprint density at radius 2 is 1.48 bits per heavy atom. The summed E-state index contributed by atoms with van der Waals surface area (Å²) < 4.78 is 0. The topological polar surface area (TPSA) is 23.6 Å². The SMILES string of the molecule is [CH2]c1ccc(C(=O)N2CCN(c3ccccc3)CC2)cc1. The van der Waals surface area contributed by atoms with Crippen LogP contribution in [0.1, 0.15) is 15.9 Å². The summed E-state index contributed by atoms with van der Waals surface area (Å²) in [5.41, 5.74) is 2.90. The van der Waals surface area contributed by atoms with Crippen LogP contribution in [0.15, 0.2) is 54.6 Å². The molecule has 0 saturated carbocycles. The summed E-state index contributed by atoms with van der Waals surface area (Å²) in [4.78, 5) is 16.7. The minimum Gasteiger partial charge on any atom is -0.368 e. The number of piperazine rings is 1. The van der Waals surface area contributed by atoms with Gasteiger partial charge in [-0.3, -0.25) is 4.79 Å². The molecule has 3 heteroatoms. The second-order valence-electron chi connectivity index (χ2n) is 5.31. The largest absolute Gasteiger partial charge is 0.368 e. The van der Waals surface area contributed by atoms with Gasteiger partial charge < -0.3 is 9.80 Å². The van der Waals surface area contributed by atoms with Gasteiger partial charge in [-0.05, 0) is 36.8 Å². The first-order valence-electron chi connectivity index (χ1n) is 7.25. The van der Waals surface area contributed by atoms with Crippen molar-refractivity contribution in [3.8, 4) is 0 Å². The number of carbonyl (C=O) groups is 1. The summed E-state index contributed by atoms with van der Waals surface area (Å²) in [6.07, 6.45) is 0. The fraction of sp³-hybridized carbons (Fsp3) is 0.222. The minimum absolute atomic E-state index is 0.114. The van der Waals surface area contributed by atoms with Crippen LogP contribution >= 0.6 is 0 Å². The van der Waals surface area contributed by atoms with Crippen molar-refractivity contribution >= 4 is 11.6 Å². The number of anilines is 1. The third-order valence-electron chi connectivity index (χ3n) is 3.89. The fourth-order valence-corrected chi connectivity index (χ4v) is 2.64. The molecule has 2 aromatic rings. The molecule has 1 radical (unpaired) electrons. The molecule has 1 aliphatic heterocycles. The number of para-hydroxylation sites is 1. The summed E-state index contributed by atoms with van der Waals surface area (Å²) >= 11 is 0. The summed E-state index contributed by atoms with van der Waals surface area (Å²) in [7, 11) is 0. The van der Waals surface area contributed by atoms with Crippen molar-refractivity contribution in [3.63, 3.8) is 0 Å². The predicted octanol–water partition coefficient (Wildman–Crippen LogP) is 2.83. The average Bonchev–Trinajstić information content (AvgIpc) is 2.56. The van der Waals surface area contributed by atoms with Crippen LogP contribution in [0.5, 0.6) is 0 Å². The lowest BCUT2D eigenvalue weighted by Crippen LogP contribution is -2.48. The smallest absolute Gasteiger partial charge is 0.253 e. The van der Waals surface area contributed by atoms with Gasteiger partial charge in [0.05, 0.1) is 0 Å². The van der Waals surface area contributed by atoms with E-state index >= 15 is 0 Å². The molecule has 3 nitrogen and oxygen atoms in total. The van der Waals surface area contributed by atoms with Crippen molar-refractivity contribution in [3.05, 3.63) is 72.6 Å². The third-order valence-corrected chi connectivity index (χ3v) is 3.89. The Morgan fingerprint density at radius 1 is 0.857 bits per heavy atom. The van der Waals surface area contributed by atoms with E-state index in [1.807, 2.05) is 47.4 Å². The first-order chi connectivity index (χ1) is 10.2. The highest BCUT2D eigenvalue weighted by molar-refractivity contribution is 5.94. The molecule has 0 atom stereocenters. The highest BCUT2D eigenvalue weighted by atomic mass is 16.2. The molecule has 3 rings (SSSR count). The quantitative estimate of drug-likeness (QED) is 0.844. The number of rotatable bonds is 2. The molecule has 1 aliphatic rings. The summed E-state index contributed by atoms with van der Waals surface area (Å²) in [6, 6.07) is 17.8. The Labute approximate surface area is 125 Å². The van der Waals surface area contributed by atoms with E-state index in [2.05, 4.69) is 24.0 Å². The van der Waals surface area contributed by atoms with E-state index in [1.165, 1.54) is 5.69 Å². The molecule has 1 heterocycles. The molecular weight excluding hydrogens is 260 g/mol. The second kappa shape index (κ2) is 6.00. The van der Waals surface area contributed by atoms with Gasteiger partial charge in [-0.2, -0.15) is 0 Å². The normalized spacial score (nSPS) is 15.1.